The van der Waals surface area contributed by atoms with Crippen molar-refractivity contribution in [1.29, 1.82) is 0 Å². The van der Waals surface area contributed by atoms with Gasteiger partial charge in [0.1, 0.15) is 5.75 Å². The molecule has 0 amide bonds. The van der Waals surface area contributed by atoms with Gasteiger partial charge in [-0.05, 0) is 36.8 Å². The molecule has 0 aliphatic heterocycles. The second-order valence-corrected chi connectivity index (χ2v) is 8.17. The zero-order valence-corrected chi connectivity index (χ0v) is 16.2. The average Bonchev–Trinajstić information content (AvgIpc) is 3.14. The summed E-state index contributed by atoms with van der Waals surface area (Å²) in [6, 6.07) is 14.3. The number of sulfone groups is 1. The highest BCUT2D eigenvalue weighted by atomic mass is 32.2. The van der Waals surface area contributed by atoms with Crippen molar-refractivity contribution in [2.45, 2.75) is 24.4 Å². The molecule has 0 fully saturated rings. The lowest BCUT2D eigenvalue weighted by Gasteiger charge is -2.13. The van der Waals surface area contributed by atoms with Gasteiger partial charge in [-0.2, -0.15) is 4.98 Å². The fourth-order valence-electron chi connectivity index (χ4n) is 2.63. The van der Waals surface area contributed by atoms with E-state index in [0.29, 0.717) is 28.9 Å². The molecule has 0 spiro atoms. The lowest BCUT2D eigenvalue weighted by atomic mass is 10.1. The van der Waals surface area contributed by atoms with Crippen LogP contribution < -0.4 is 10.1 Å². The van der Waals surface area contributed by atoms with E-state index in [1.807, 2.05) is 31.2 Å². The molecule has 0 bridgehead atoms. The van der Waals surface area contributed by atoms with E-state index in [-0.39, 0.29) is 6.04 Å². The molecule has 0 radical (unpaired) electrons. The first-order valence-corrected chi connectivity index (χ1v) is 10.3. The van der Waals surface area contributed by atoms with Crippen LogP contribution in [0.2, 0.25) is 0 Å². The quantitative estimate of drug-likeness (QED) is 0.666. The van der Waals surface area contributed by atoms with Gasteiger partial charge in [-0.1, -0.05) is 29.4 Å². The standard InChI is InChI=1S/C19H21N3O4S/c1-13(14-8-10-15(11-9-14)27(3,23)24)20-12-18-21-19(22-26-18)16-6-4-5-7-17(16)25-2/h4-11,13,20H,12H2,1-3H3. The summed E-state index contributed by atoms with van der Waals surface area (Å²) < 4.78 is 33.7. The smallest absolute Gasteiger partial charge is 0.240 e. The van der Waals surface area contributed by atoms with Crippen LogP contribution in [-0.2, 0) is 16.4 Å². The first kappa shape index (κ1) is 19.1. The summed E-state index contributed by atoms with van der Waals surface area (Å²) in [7, 11) is -1.60. The van der Waals surface area contributed by atoms with E-state index in [2.05, 4.69) is 15.5 Å². The summed E-state index contributed by atoms with van der Waals surface area (Å²) in [5, 5.41) is 7.30. The van der Waals surface area contributed by atoms with Crippen LogP contribution in [0, 0.1) is 0 Å². The van der Waals surface area contributed by atoms with Crippen molar-refractivity contribution in [1.82, 2.24) is 15.5 Å². The molecule has 7 nitrogen and oxygen atoms in total. The maximum Gasteiger partial charge on any atom is 0.240 e. The molecule has 1 N–H and O–H groups in total. The maximum atomic E-state index is 11.5. The second kappa shape index (κ2) is 7.89. The molecular formula is C19H21N3O4S. The van der Waals surface area contributed by atoms with Crippen molar-refractivity contribution >= 4 is 9.84 Å². The van der Waals surface area contributed by atoms with Crippen LogP contribution in [0.25, 0.3) is 11.4 Å². The summed E-state index contributed by atoms with van der Waals surface area (Å²) in [5.41, 5.74) is 1.73. The second-order valence-electron chi connectivity index (χ2n) is 6.16. The molecule has 2 aromatic carbocycles. The van der Waals surface area contributed by atoms with Gasteiger partial charge in [-0.3, -0.25) is 0 Å². The van der Waals surface area contributed by atoms with Gasteiger partial charge >= 0.3 is 0 Å². The van der Waals surface area contributed by atoms with Gasteiger partial charge in [-0.15, -0.1) is 0 Å². The zero-order chi connectivity index (χ0) is 19.4. The lowest BCUT2D eigenvalue weighted by Crippen LogP contribution is -2.18. The molecule has 142 valence electrons. The Balaban J connectivity index is 1.66. The van der Waals surface area contributed by atoms with Crippen LogP contribution >= 0.6 is 0 Å². The molecule has 27 heavy (non-hydrogen) atoms. The van der Waals surface area contributed by atoms with Gasteiger partial charge < -0.3 is 14.6 Å². The summed E-state index contributed by atoms with van der Waals surface area (Å²) in [4.78, 5) is 4.70. The topological polar surface area (TPSA) is 94.3 Å². The van der Waals surface area contributed by atoms with Crippen LogP contribution in [-0.4, -0.2) is 31.9 Å². The minimum atomic E-state index is -3.19. The van der Waals surface area contributed by atoms with Gasteiger partial charge in [0.05, 0.1) is 24.1 Å². The number of ether oxygens (including phenoxy) is 1. The third kappa shape index (κ3) is 4.53. The highest BCUT2D eigenvalue weighted by molar-refractivity contribution is 7.90. The predicted molar refractivity (Wildman–Crippen MR) is 101 cm³/mol. The number of nitrogens with one attached hydrogen (secondary N) is 1. The number of benzene rings is 2. The third-order valence-electron chi connectivity index (χ3n) is 4.18. The minimum absolute atomic E-state index is 0.0137. The first-order chi connectivity index (χ1) is 12.9. The minimum Gasteiger partial charge on any atom is -0.496 e. The molecule has 1 aromatic heterocycles. The zero-order valence-electron chi connectivity index (χ0n) is 15.3. The molecule has 8 heteroatoms. The number of rotatable bonds is 7. The number of methoxy groups -OCH3 is 1. The van der Waals surface area contributed by atoms with Gasteiger partial charge in [0.25, 0.3) is 0 Å². The summed E-state index contributed by atoms with van der Waals surface area (Å²) in [6.45, 7) is 2.37. The number of para-hydroxylation sites is 1. The summed E-state index contributed by atoms with van der Waals surface area (Å²) >= 11 is 0. The van der Waals surface area contributed by atoms with E-state index < -0.39 is 9.84 Å². The van der Waals surface area contributed by atoms with Crippen LogP contribution in [0.3, 0.4) is 0 Å². The lowest BCUT2D eigenvalue weighted by molar-refractivity contribution is 0.360. The van der Waals surface area contributed by atoms with Gasteiger partial charge in [-0.25, -0.2) is 8.42 Å². The molecule has 3 aromatic rings. The van der Waals surface area contributed by atoms with Crippen molar-refractivity contribution in [3.8, 4) is 17.1 Å². The van der Waals surface area contributed by atoms with Gasteiger partial charge in [0.15, 0.2) is 9.84 Å². The van der Waals surface area contributed by atoms with Gasteiger partial charge in [0.2, 0.25) is 11.7 Å². The normalized spacial score (nSPS) is 12.7. The largest absolute Gasteiger partial charge is 0.496 e. The Kier molecular flexibility index (Phi) is 5.57. The Labute approximate surface area is 158 Å². The molecule has 1 heterocycles. The van der Waals surface area contributed by atoms with E-state index in [9.17, 15) is 8.42 Å². The Morgan fingerprint density at radius 3 is 2.52 bits per heavy atom. The Bertz CT molecular complexity index is 1010. The molecular weight excluding hydrogens is 366 g/mol. The average molecular weight is 387 g/mol. The van der Waals surface area contributed by atoms with Crippen LogP contribution in [0.5, 0.6) is 5.75 Å². The van der Waals surface area contributed by atoms with Crippen molar-refractivity contribution in [3.63, 3.8) is 0 Å². The molecule has 3 rings (SSSR count). The molecule has 0 aliphatic rings. The number of aromatic nitrogens is 2. The number of nitrogens with zero attached hydrogens (tertiary/aromatic N) is 2. The SMILES string of the molecule is COc1ccccc1-c1noc(CNC(C)c2ccc(S(C)(=O)=O)cc2)n1. The van der Waals surface area contributed by atoms with E-state index in [4.69, 9.17) is 9.26 Å². The predicted octanol–water partition coefficient (Wildman–Crippen LogP) is 3.00. The fraction of sp³-hybridized carbons (Fsp3) is 0.263. The Morgan fingerprint density at radius 2 is 1.85 bits per heavy atom. The Morgan fingerprint density at radius 1 is 1.15 bits per heavy atom. The van der Waals surface area contributed by atoms with E-state index >= 15 is 0 Å². The van der Waals surface area contributed by atoms with Crippen molar-refractivity contribution in [2.75, 3.05) is 13.4 Å². The Hall–Kier alpha value is -2.71. The van der Waals surface area contributed by atoms with Crippen LogP contribution in [0.4, 0.5) is 0 Å². The summed E-state index contributed by atoms with van der Waals surface area (Å²) in [6.07, 6.45) is 1.19. The number of hydrogen-bond donors (Lipinski definition) is 1. The maximum absolute atomic E-state index is 11.5. The van der Waals surface area contributed by atoms with E-state index in [1.165, 1.54) is 6.26 Å². The van der Waals surface area contributed by atoms with Crippen molar-refractivity contribution in [3.05, 3.63) is 60.0 Å². The van der Waals surface area contributed by atoms with E-state index in [1.54, 1.807) is 31.4 Å². The van der Waals surface area contributed by atoms with Crippen molar-refractivity contribution in [2.24, 2.45) is 0 Å². The highest BCUT2D eigenvalue weighted by Gasteiger charge is 2.14. The third-order valence-corrected chi connectivity index (χ3v) is 5.31. The molecule has 0 aliphatic carbocycles. The first-order valence-electron chi connectivity index (χ1n) is 8.38. The highest BCUT2D eigenvalue weighted by Crippen LogP contribution is 2.27. The fourth-order valence-corrected chi connectivity index (χ4v) is 3.26. The van der Waals surface area contributed by atoms with Crippen molar-refractivity contribution < 1.29 is 17.7 Å². The van der Waals surface area contributed by atoms with E-state index in [0.717, 1.165) is 11.1 Å². The number of hydrogen-bond acceptors (Lipinski definition) is 7. The molecule has 0 saturated carbocycles. The molecule has 1 atom stereocenters. The van der Waals surface area contributed by atoms with Crippen LogP contribution in [0.1, 0.15) is 24.4 Å². The molecule has 0 saturated heterocycles. The molecule has 1 unspecified atom stereocenters. The van der Waals surface area contributed by atoms with Gasteiger partial charge in [0, 0.05) is 12.3 Å². The van der Waals surface area contributed by atoms with Crippen LogP contribution in [0.15, 0.2) is 57.9 Å². The summed E-state index contributed by atoms with van der Waals surface area (Å²) in [5.74, 6) is 1.60. The monoisotopic (exact) mass is 387 g/mol.